The van der Waals surface area contributed by atoms with Gasteiger partial charge in [0.2, 0.25) is 0 Å². The molecule has 4 heterocycles. The molecule has 0 radical (unpaired) electrons. The van der Waals surface area contributed by atoms with Crippen LogP contribution in [0.1, 0.15) is 35.4 Å². The number of nitrogens with zero attached hydrogens (tertiary/aromatic N) is 5. The van der Waals surface area contributed by atoms with Gasteiger partial charge < -0.3 is 14.7 Å². The first-order valence-electron chi connectivity index (χ1n) is 8.91. The fourth-order valence-electron chi connectivity index (χ4n) is 4.52. The molecule has 1 aliphatic carbocycles. The van der Waals surface area contributed by atoms with E-state index in [0.717, 1.165) is 48.9 Å². The predicted molar refractivity (Wildman–Crippen MR) is 92.6 cm³/mol. The van der Waals surface area contributed by atoms with Crippen molar-refractivity contribution >= 4 is 22.8 Å². The van der Waals surface area contributed by atoms with E-state index >= 15 is 0 Å². The van der Waals surface area contributed by atoms with E-state index in [1.54, 1.807) is 0 Å². The van der Waals surface area contributed by atoms with Gasteiger partial charge in [-0.25, -0.2) is 9.37 Å². The maximum Gasteiger partial charge on any atom is 0.272 e. The minimum absolute atomic E-state index is 0.132. The molecule has 140 valence electrons. The minimum Gasteiger partial charge on any atom is -0.353 e. The average Bonchev–Trinajstić information content (AvgIpc) is 3.38. The average molecular weight is 371 g/mol. The summed E-state index contributed by atoms with van der Waals surface area (Å²) >= 11 is 0. The molecule has 0 spiro atoms. The standard InChI is InChI=1S/C17H18FN7O2/c1-9-12-14(19-8-20-16(12)27-24-9)25-6-10-3-2-4-17(10,7-25)22-15(26)13-11(18)5-21-23-13/h5,8,10H,2-4,6-7H2,1H3,(H,21,23)(H,22,26)/t10-,17-/m0/s1. The van der Waals surface area contributed by atoms with Crippen molar-refractivity contribution in [3.05, 3.63) is 29.7 Å². The lowest BCUT2D eigenvalue weighted by Gasteiger charge is -2.30. The molecule has 1 saturated heterocycles. The number of nitrogens with one attached hydrogen (secondary N) is 2. The number of H-pyrrole nitrogens is 1. The van der Waals surface area contributed by atoms with Gasteiger partial charge in [0.25, 0.3) is 11.6 Å². The molecule has 0 unspecified atom stereocenters. The van der Waals surface area contributed by atoms with Crippen LogP contribution in [0.5, 0.6) is 0 Å². The molecule has 2 aliphatic rings. The molecule has 1 amide bonds. The molecule has 10 heteroatoms. The van der Waals surface area contributed by atoms with E-state index in [1.165, 1.54) is 6.33 Å². The highest BCUT2D eigenvalue weighted by Gasteiger charge is 2.51. The van der Waals surface area contributed by atoms with Crippen molar-refractivity contribution in [1.82, 2.24) is 30.6 Å². The minimum atomic E-state index is -0.647. The number of aryl methyl sites for hydroxylation is 1. The third kappa shape index (κ3) is 2.39. The molecule has 1 saturated carbocycles. The maximum absolute atomic E-state index is 13.7. The van der Waals surface area contributed by atoms with Gasteiger partial charge in [0.1, 0.15) is 17.5 Å². The van der Waals surface area contributed by atoms with Crippen LogP contribution < -0.4 is 10.2 Å². The monoisotopic (exact) mass is 371 g/mol. The molecular weight excluding hydrogens is 353 g/mol. The summed E-state index contributed by atoms with van der Waals surface area (Å²) in [6, 6.07) is 0. The Bertz CT molecular complexity index is 1030. The van der Waals surface area contributed by atoms with Gasteiger partial charge >= 0.3 is 0 Å². The lowest BCUT2D eigenvalue weighted by atomic mass is 9.90. The molecule has 3 aromatic rings. The highest BCUT2D eigenvalue weighted by molar-refractivity contribution is 5.93. The molecule has 0 aromatic carbocycles. The lowest BCUT2D eigenvalue weighted by molar-refractivity contribution is 0.0885. The van der Waals surface area contributed by atoms with E-state index in [9.17, 15) is 9.18 Å². The summed E-state index contributed by atoms with van der Waals surface area (Å²) in [6.45, 7) is 3.20. The lowest BCUT2D eigenvalue weighted by Crippen LogP contribution is -2.52. The Labute approximate surface area is 153 Å². The van der Waals surface area contributed by atoms with Gasteiger partial charge in [0, 0.05) is 19.0 Å². The SMILES string of the molecule is Cc1noc2ncnc(N3C[C@@H]4CCC[C@]4(NC(=O)c4[nH]ncc4F)C3)c12. The van der Waals surface area contributed by atoms with Gasteiger partial charge in [-0.2, -0.15) is 10.1 Å². The van der Waals surface area contributed by atoms with Crippen LogP contribution in [0.3, 0.4) is 0 Å². The van der Waals surface area contributed by atoms with E-state index in [1.807, 2.05) is 6.92 Å². The number of aromatic amines is 1. The smallest absolute Gasteiger partial charge is 0.272 e. The first kappa shape index (κ1) is 16.2. The fourth-order valence-corrected chi connectivity index (χ4v) is 4.52. The van der Waals surface area contributed by atoms with E-state index in [-0.39, 0.29) is 11.6 Å². The summed E-state index contributed by atoms with van der Waals surface area (Å²) in [5.41, 5.74) is 0.631. The van der Waals surface area contributed by atoms with Crippen LogP contribution in [-0.2, 0) is 0 Å². The number of hydrogen-bond donors (Lipinski definition) is 2. The zero-order valence-corrected chi connectivity index (χ0v) is 14.7. The first-order valence-corrected chi connectivity index (χ1v) is 8.91. The van der Waals surface area contributed by atoms with E-state index < -0.39 is 17.3 Å². The highest BCUT2D eigenvalue weighted by Crippen LogP contribution is 2.44. The molecule has 0 bridgehead atoms. The van der Waals surface area contributed by atoms with Crippen molar-refractivity contribution in [2.75, 3.05) is 18.0 Å². The van der Waals surface area contributed by atoms with E-state index in [4.69, 9.17) is 4.52 Å². The van der Waals surface area contributed by atoms with Crippen LogP contribution in [0.15, 0.2) is 17.0 Å². The van der Waals surface area contributed by atoms with Crippen LogP contribution in [-0.4, -0.2) is 49.9 Å². The predicted octanol–water partition coefficient (Wildman–Crippen LogP) is 1.58. The molecule has 27 heavy (non-hydrogen) atoms. The quantitative estimate of drug-likeness (QED) is 0.718. The number of carbonyl (C=O) groups is 1. The Morgan fingerprint density at radius 1 is 1.48 bits per heavy atom. The summed E-state index contributed by atoms with van der Waals surface area (Å²) in [4.78, 5) is 23.3. The second-order valence-electron chi connectivity index (χ2n) is 7.32. The van der Waals surface area contributed by atoms with Gasteiger partial charge in [-0.15, -0.1) is 0 Å². The Morgan fingerprint density at radius 3 is 3.19 bits per heavy atom. The Hall–Kier alpha value is -3.04. The molecule has 3 aromatic heterocycles. The van der Waals surface area contributed by atoms with Gasteiger partial charge in [-0.1, -0.05) is 11.6 Å². The number of amides is 1. The third-order valence-electron chi connectivity index (χ3n) is 5.78. The molecule has 1 aliphatic heterocycles. The number of aromatic nitrogens is 5. The molecular formula is C17H18FN7O2. The van der Waals surface area contributed by atoms with E-state index in [0.29, 0.717) is 12.3 Å². The second-order valence-corrected chi connectivity index (χ2v) is 7.32. The van der Waals surface area contributed by atoms with Gasteiger partial charge in [0.05, 0.1) is 17.4 Å². The summed E-state index contributed by atoms with van der Waals surface area (Å²) in [7, 11) is 0. The summed E-state index contributed by atoms with van der Waals surface area (Å²) in [5.74, 6) is -0.0919. The largest absolute Gasteiger partial charge is 0.353 e. The van der Waals surface area contributed by atoms with Crippen molar-refractivity contribution in [2.45, 2.75) is 31.7 Å². The summed E-state index contributed by atoms with van der Waals surface area (Å²) in [6.07, 6.45) is 5.33. The summed E-state index contributed by atoms with van der Waals surface area (Å²) < 4.78 is 19.0. The summed E-state index contributed by atoms with van der Waals surface area (Å²) in [5, 5.41) is 13.9. The Kier molecular flexibility index (Phi) is 3.43. The number of hydrogen-bond acceptors (Lipinski definition) is 7. The number of anilines is 1. The molecule has 5 rings (SSSR count). The van der Waals surface area contributed by atoms with Gasteiger partial charge in [-0.3, -0.25) is 9.89 Å². The fraction of sp³-hybridized carbons (Fsp3) is 0.471. The number of carbonyl (C=O) groups excluding carboxylic acids is 1. The molecule has 9 nitrogen and oxygen atoms in total. The molecule has 2 atom stereocenters. The van der Waals surface area contributed by atoms with Crippen LogP contribution in [0, 0.1) is 18.7 Å². The van der Waals surface area contributed by atoms with Crippen molar-refractivity contribution in [2.24, 2.45) is 5.92 Å². The highest BCUT2D eigenvalue weighted by atomic mass is 19.1. The zero-order chi connectivity index (χ0) is 18.6. The Balaban J connectivity index is 1.47. The van der Waals surface area contributed by atoms with Gasteiger partial charge in [-0.05, 0) is 19.8 Å². The van der Waals surface area contributed by atoms with Crippen LogP contribution in [0.4, 0.5) is 10.2 Å². The van der Waals surface area contributed by atoms with Crippen molar-refractivity contribution in [3.8, 4) is 0 Å². The number of rotatable bonds is 3. The number of halogens is 1. The third-order valence-corrected chi connectivity index (χ3v) is 5.78. The second kappa shape index (κ2) is 5.73. The maximum atomic E-state index is 13.7. The number of fused-ring (bicyclic) bond motifs is 2. The van der Waals surface area contributed by atoms with E-state index in [2.05, 4.69) is 35.5 Å². The van der Waals surface area contributed by atoms with Gasteiger partial charge in [0.15, 0.2) is 11.5 Å². The van der Waals surface area contributed by atoms with Crippen LogP contribution in [0.2, 0.25) is 0 Å². The zero-order valence-electron chi connectivity index (χ0n) is 14.7. The van der Waals surface area contributed by atoms with Crippen molar-refractivity contribution < 1.29 is 13.7 Å². The van der Waals surface area contributed by atoms with Crippen LogP contribution in [0.25, 0.3) is 11.1 Å². The van der Waals surface area contributed by atoms with Crippen molar-refractivity contribution in [3.63, 3.8) is 0 Å². The van der Waals surface area contributed by atoms with Crippen LogP contribution >= 0.6 is 0 Å². The molecule has 2 N–H and O–H groups in total. The topological polar surface area (TPSA) is 113 Å². The normalized spacial score (nSPS) is 24.5. The Morgan fingerprint density at radius 2 is 2.37 bits per heavy atom. The van der Waals surface area contributed by atoms with Crippen molar-refractivity contribution in [1.29, 1.82) is 0 Å². The molecule has 2 fully saturated rings. The first-order chi connectivity index (χ1) is 13.1.